The summed E-state index contributed by atoms with van der Waals surface area (Å²) in [7, 11) is 0. The van der Waals surface area contributed by atoms with Gasteiger partial charge in [-0.2, -0.15) is 5.26 Å². The van der Waals surface area contributed by atoms with E-state index in [9.17, 15) is 14.9 Å². The van der Waals surface area contributed by atoms with Crippen LogP contribution in [0.4, 0.5) is 5.69 Å². The Bertz CT molecular complexity index is 431. The molecule has 0 spiro atoms. The Morgan fingerprint density at radius 2 is 2.00 bits per heavy atom. The number of nitrogens with zero attached hydrogens (tertiary/aromatic N) is 2. The van der Waals surface area contributed by atoms with Crippen LogP contribution in [0.3, 0.4) is 0 Å². The summed E-state index contributed by atoms with van der Waals surface area (Å²) in [5.74, 6) is -1.11. The summed E-state index contributed by atoms with van der Waals surface area (Å²) in [6.45, 7) is 1.31. The number of hydrogen-bond donors (Lipinski definition) is 0. The normalized spacial score (nSPS) is 11.5. The summed E-state index contributed by atoms with van der Waals surface area (Å²) in [5, 5.41) is 19.1. The van der Waals surface area contributed by atoms with E-state index in [4.69, 9.17) is 5.26 Å². The highest BCUT2D eigenvalue weighted by molar-refractivity contribution is 5.86. The minimum Gasteiger partial charge on any atom is -0.298 e. The highest BCUT2D eigenvalue weighted by Crippen LogP contribution is 2.19. The Balaban J connectivity index is 3.03. The molecule has 0 aliphatic carbocycles. The van der Waals surface area contributed by atoms with Crippen molar-refractivity contribution in [3.05, 3.63) is 39.9 Å². The molecule has 0 saturated heterocycles. The second kappa shape index (κ2) is 4.33. The predicted molar refractivity (Wildman–Crippen MR) is 52.1 cm³/mol. The van der Waals surface area contributed by atoms with Gasteiger partial charge in [0.1, 0.15) is 5.92 Å². The molecule has 0 aliphatic rings. The summed E-state index contributed by atoms with van der Waals surface area (Å²) in [6, 6.07) is 7.26. The fourth-order valence-corrected chi connectivity index (χ4v) is 1.19. The van der Waals surface area contributed by atoms with Gasteiger partial charge in [0, 0.05) is 12.1 Å². The molecular weight excluding hydrogens is 196 g/mol. The lowest BCUT2D eigenvalue weighted by atomic mass is 9.97. The minimum absolute atomic E-state index is 0.0565. The molecule has 1 unspecified atom stereocenters. The van der Waals surface area contributed by atoms with Gasteiger partial charge >= 0.3 is 0 Å². The summed E-state index contributed by atoms with van der Waals surface area (Å²) >= 11 is 0. The van der Waals surface area contributed by atoms with Crippen molar-refractivity contribution < 1.29 is 9.72 Å². The van der Waals surface area contributed by atoms with Crippen LogP contribution in [0.5, 0.6) is 0 Å². The van der Waals surface area contributed by atoms with Crippen LogP contribution in [-0.2, 0) is 4.79 Å². The van der Waals surface area contributed by atoms with Crippen molar-refractivity contribution in [1.29, 1.82) is 5.26 Å². The van der Waals surface area contributed by atoms with Gasteiger partial charge in [0.05, 0.1) is 11.0 Å². The molecule has 5 nitrogen and oxygen atoms in total. The zero-order chi connectivity index (χ0) is 11.4. The van der Waals surface area contributed by atoms with Crippen molar-refractivity contribution in [3.63, 3.8) is 0 Å². The molecule has 1 aromatic carbocycles. The molecule has 76 valence electrons. The zero-order valence-electron chi connectivity index (χ0n) is 8.01. The lowest BCUT2D eigenvalue weighted by Crippen LogP contribution is -2.06. The molecule has 0 heterocycles. The molecule has 1 aromatic rings. The van der Waals surface area contributed by atoms with Crippen LogP contribution in [0.15, 0.2) is 24.3 Å². The maximum absolute atomic E-state index is 11.0. The van der Waals surface area contributed by atoms with Crippen LogP contribution < -0.4 is 0 Å². The lowest BCUT2D eigenvalue weighted by Gasteiger charge is -2.03. The summed E-state index contributed by atoms with van der Waals surface area (Å²) in [5.41, 5.74) is 0.426. The zero-order valence-corrected chi connectivity index (χ0v) is 8.01. The molecule has 1 atom stereocenters. The van der Waals surface area contributed by atoms with E-state index in [0.717, 1.165) is 0 Å². The number of nitro groups is 1. The lowest BCUT2D eigenvalue weighted by molar-refractivity contribution is -0.384. The number of nitriles is 1. The third kappa shape index (κ3) is 2.38. The number of rotatable bonds is 3. The first-order chi connectivity index (χ1) is 7.06. The van der Waals surface area contributed by atoms with Crippen molar-refractivity contribution in [3.8, 4) is 6.07 Å². The van der Waals surface area contributed by atoms with E-state index in [2.05, 4.69) is 0 Å². The van der Waals surface area contributed by atoms with Crippen molar-refractivity contribution in [2.45, 2.75) is 12.8 Å². The highest BCUT2D eigenvalue weighted by Gasteiger charge is 2.16. The van der Waals surface area contributed by atoms with Gasteiger partial charge < -0.3 is 0 Å². The van der Waals surface area contributed by atoms with Gasteiger partial charge in [-0.1, -0.05) is 12.1 Å². The molecule has 0 saturated carbocycles. The largest absolute Gasteiger partial charge is 0.298 e. The maximum atomic E-state index is 11.0. The summed E-state index contributed by atoms with van der Waals surface area (Å²) in [6.07, 6.45) is 0. The molecule has 1 rings (SSSR count). The molecule has 0 bridgehead atoms. The number of hydrogen-bond acceptors (Lipinski definition) is 4. The van der Waals surface area contributed by atoms with Gasteiger partial charge in [-0.15, -0.1) is 0 Å². The maximum Gasteiger partial charge on any atom is 0.269 e. The molecule has 0 aromatic heterocycles. The Kier molecular flexibility index (Phi) is 3.13. The number of non-ortho nitro benzene ring substituents is 1. The van der Waals surface area contributed by atoms with E-state index in [1.807, 2.05) is 6.07 Å². The smallest absolute Gasteiger partial charge is 0.269 e. The molecule has 0 N–H and O–H groups in total. The predicted octanol–water partition coefficient (Wildman–Crippen LogP) is 1.79. The quantitative estimate of drug-likeness (QED) is 0.555. The van der Waals surface area contributed by atoms with E-state index in [1.54, 1.807) is 0 Å². The molecule has 0 aliphatic heterocycles. The molecule has 0 amide bonds. The number of carbonyl (C=O) groups is 1. The summed E-state index contributed by atoms with van der Waals surface area (Å²) < 4.78 is 0. The first kappa shape index (κ1) is 10.9. The van der Waals surface area contributed by atoms with Crippen LogP contribution in [0.25, 0.3) is 0 Å². The van der Waals surface area contributed by atoms with Gasteiger partial charge in [0.15, 0.2) is 5.78 Å². The van der Waals surface area contributed by atoms with E-state index in [0.29, 0.717) is 5.56 Å². The van der Waals surface area contributed by atoms with Gasteiger partial charge in [0.2, 0.25) is 0 Å². The number of Topliss-reactive ketones (excluding diaryl/α,β-unsaturated/α-hetero) is 1. The van der Waals surface area contributed by atoms with Crippen LogP contribution in [0.1, 0.15) is 18.4 Å². The topological polar surface area (TPSA) is 84.0 Å². The Morgan fingerprint density at radius 1 is 1.47 bits per heavy atom. The van der Waals surface area contributed by atoms with Gasteiger partial charge in [-0.05, 0) is 12.5 Å². The number of carbonyl (C=O) groups excluding carboxylic acids is 1. The van der Waals surface area contributed by atoms with Crippen LogP contribution in [-0.4, -0.2) is 10.7 Å². The van der Waals surface area contributed by atoms with Crippen molar-refractivity contribution in [1.82, 2.24) is 0 Å². The molecule has 0 radical (unpaired) electrons. The number of benzene rings is 1. The number of nitro benzene ring substituents is 1. The van der Waals surface area contributed by atoms with E-state index in [-0.39, 0.29) is 11.5 Å². The van der Waals surface area contributed by atoms with Crippen molar-refractivity contribution in [2.24, 2.45) is 0 Å². The van der Waals surface area contributed by atoms with E-state index in [1.165, 1.54) is 31.2 Å². The van der Waals surface area contributed by atoms with E-state index >= 15 is 0 Å². The first-order valence-electron chi connectivity index (χ1n) is 4.20. The number of ketones is 1. The average Bonchev–Trinajstić information content (AvgIpc) is 2.19. The van der Waals surface area contributed by atoms with Gasteiger partial charge in [0.25, 0.3) is 5.69 Å². The van der Waals surface area contributed by atoms with Crippen molar-refractivity contribution in [2.75, 3.05) is 0 Å². The SMILES string of the molecule is CC(=O)C(C#N)c1ccc([N+](=O)[O-])cc1. The Hall–Kier alpha value is -2.22. The Morgan fingerprint density at radius 3 is 2.33 bits per heavy atom. The minimum atomic E-state index is -0.842. The van der Waals surface area contributed by atoms with Crippen LogP contribution >= 0.6 is 0 Å². The molecule has 5 heteroatoms. The van der Waals surface area contributed by atoms with Gasteiger partial charge in [-0.25, -0.2) is 0 Å². The molecule has 0 fully saturated rings. The van der Waals surface area contributed by atoms with Crippen molar-refractivity contribution >= 4 is 11.5 Å². The fraction of sp³-hybridized carbons (Fsp3) is 0.200. The summed E-state index contributed by atoms with van der Waals surface area (Å²) in [4.78, 5) is 20.9. The monoisotopic (exact) mass is 204 g/mol. The molecular formula is C10H8N2O3. The standard InChI is InChI=1S/C10H8N2O3/c1-7(13)10(6-11)8-2-4-9(5-3-8)12(14)15/h2-5,10H,1H3. The average molecular weight is 204 g/mol. The second-order valence-corrected chi connectivity index (χ2v) is 3.02. The third-order valence-electron chi connectivity index (χ3n) is 1.97. The Labute approximate surface area is 86.1 Å². The first-order valence-corrected chi connectivity index (χ1v) is 4.20. The highest BCUT2D eigenvalue weighted by atomic mass is 16.6. The van der Waals surface area contributed by atoms with Crippen LogP contribution in [0, 0.1) is 21.4 Å². The molecule has 15 heavy (non-hydrogen) atoms. The van der Waals surface area contributed by atoms with Crippen LogP contribution in [0.2, 0.25) is 0 Å². The fourth-order valence-electron chi connectivity index (χ4n) is 1.19. The van der Waals surface area contributed by atoms with Gasteiger partial charge in [-0.3, -0.25) is 14.9 Å². The second-order valence-electron chi connectivity index (χ2n) is 3.02. The van der Waals surface area contributed by atoms with E-state index < -0.39 is 10.8 Å². The third-order valence-corrected chi connectivity index (χ3v) is 1.97.